The number of aromatic nitrogens is 2. The van der Waals surface area contributed by atoms with E-state index in [4.69, 9.17) is 0 Å². The minimum absolute atomic E-state index is 0.136. The molecule has 0 fully saturated rings. The smallest absolute Gasteiger partial charge is 0.197 e. The van der Waals surface area contributed by atoms with Gasteiger partial charge in [0.1, 0.15) is 0 Å². The molecule has 2 heteroatoms. The van der Waals surface area contributed by atoms with Crippen molar-refractivity contribution in [2.24, 2.45) is 0 Å². The SMILES string of the molecule is CCCCc1cccc(-c2cc(-c3ccccc3)cc(-c3cccc(-c4ccc5c(c4)-c4c(C)ccc[n+]4C(CC)(CC4C[n+]6ccc7ccccc7c6-c6ccc(C)cc64)C5(C)CC)c3)c2)c1. The number of hydrogen-bond donors (Lipinski definition) is 0. The third-order valence-corrected chi connectivity index (χ3v) is 16.3. The van der Waals surface area contributed by atoms with E-state index in [1.807, 2.05) is 0 Å². The maximum absolute atomic E-state index is 2.75. The van der Waals surface area contributed by atoms with Gasteiger partial charge in [0.2, 0.25) is 11.4 Å². The van der Waals surface area contributed by atoms with Gasteiger partial charge in [-0.25, -0.2) is 0 Å². The van der Waals surface area contributed by atoms with E-state index in [-0.39, 0.29) is 11.0 Å². The zero-order valence-corrected chi connectivity index (χ0v) is 40.8. The van der Waals surface area contributed by atoms with Crippen molar-refractivity contribution in [3.63, 3.8) is 0 Å². The van der Waals surface area contributed by atoms with Crippen LogP contribution in [0.15, 0.2) is 188 Å². The molecule has 0 bridgehead atoms. The molecule has 9 aromatic rings. The summed E-state index contributed by atoms with van der Waals surface area (Å²) in [5.74, 6) is 0.338. The standard InChI is InChI=1S/C66H64N2/c1-7-10-20-47-21-16-25-50(37-47)55-39-54(48-22-12-11-13-23-48)40-56(41-55)52-27-17-26-51(38-52)53-30-32-62-61(42-53)63-46(5)19-18-34-68(63)66(9-3,65(62,6)8-2)43-57-44-67-35-33-49-24-14-15-28-58(49)64(67)59-31-29-45(4)36-60(57)59/h11-19,21-42,57H,7-10,20,43-44H2,1-6H3/q+2. The van der Waals surface area contributed by atoms with Gasteiger partial charge in [-0.1, -0.05) is 148 Å². The maximum atomic E-state index is 2.75. The van der Waals surface area contributed by atoms with E-state index >= 15 is 0 Å². The van der Waals surface area contributed by atoms with Crippen molar-refractivity contribution in [3.05, 3.63) is 216 Å². The first-order chi connectivity index (χ1) is 33.2. The van der Waals surface area contributed by atoms with Gasteiger partial charge in [-0.3, -0.25) is 0 Å². The van der Waals surface area contributed by atoms with Gasteiger partial charge in [-0.15, -0.1) is 0 Å². The lowest BCUT2D eigenvalue weighted by molar-refractivity contribution is -0.772. The van der Waals surface area contributed by atoms with Crippen LogP contribution in [0, 0.1) is 13.8 Å². The average Bonchev–Trinajstić information content (AvgIpc) is 3.39. The summed E-state index contributed by atoms with van der Waals surface area (Å²) in [6.07, 6.45) is 11.4. The fraction of sp³-hybridized carbons (Fsp3) is 0.242. The zero-order chi connectivity index (χ0) is 46.6. The molecule has 3 unspecified atom stereocenters. The third-order valence-electron chi connectivity index (χ3n) is 16.3. The topological polar surface area (TPSA) is 7.76 Å². The Morgan fingerprint density at radius 1 is 0.529 bits per heavy atom. The van der Waals surface area contributed by atoms with Crippen LogP contribution in [0.1, 0.15) is 93.5 Å². The van der Waals surface area contributed by atoms with Crippen molar-refractivity contribution in [1.82, 2.24) is 0 Å². The lowest BCUT2D eigenvalue weighted by Gasteiger charge is -2.49. The molecule has 0 spiro atoms. The fourth-order valence-corrected chi connectivity index (χ4v) is 12.6. The summed E-state index contributed by atoms with van der Waals surface area (Å²) in [5, 5.41) is 2.63. The molecule has 11 rings (SSSR count). The zero-order valence-electron chi connectivity index (χ0n) is 40.8. The molecule has 68 heavy (non-hydrogen) atoms. The molecule has 0 N–H and O–H groups in total. The monoisotopic (exact) mass is 885 g/mol. The number of pyridine rings is 2. The van der Waals surface area contributed by atoms with Gasteiger partial charge in [0.25, 0.3) is 0 Å². The molecule has 7 aromatic carbocycles. The molecule has 0 saturated carbocycles. The molecule has 2 aromatic heterocycles. The first-order valence-corrected chi connectivity index (χ1v) is 25.3. The molecule has 0 saturated heterocycles. The van der Waals surface area contributed by atoms with Crippen molar-refractivity contribution < 1.29 is 9.13 Å². The van der Waals surface area contributed by atoms with E-state index in [2.05, 4.69) is 239 Å². The Balaban J connectivity index is 1.01. The van der Waals surface area contributed by atoms with Crippen LogP contribution in [-0.4, -0.2) is 0 Å². The van der Waals surface area contributed by atoms with E-state index < -0.39 is 0 Å². The van der Waals surface area contributed by atoms with Crippen molar-refractivity contribution in [3.8, 4) is 67.0 Å². The second-order valence-corrected chi connectivity index (χ2v) is 20.2. The van der Waals surface area contributed by atoms with Crippen LogP contribution < -0.4 is 9.13 Å². The summed E-state index contributed by atoms with van der Waals surface area (Å²) in [6, 6.07) is 66.9. The molecule has 3 atom stereocenters. The number of hydrogen-bond acceptors (Lipinski definition) is 0. The van der Waals surface area contributed by atoms with Gasteiger partial charge in [0, 0.05) is 30.5 Å². The molecular formula is C66H64N2+2. The maximum Gasteiger partial charge on any atom is 0.220 e. The lowest BCUT2D eigenvalue weighted by atomic mass is 9.56. The molecule has 0 aliphatic carbocycles. The first-order valence-electron chi connectivity index (χ1n) is 25.3. The number of benzene rings is 7. The van der Waals surface area contributed by atoms with Crippen molar-refractivity contribution >= 4 is 10.8 Å². The Labute approximate surface area is 404 Å². The molecule has 2 nitrogen and oxygen atoms in total. The predicted molar refractivity (Wildman–Crippen MR) is 285 cm³/mol. The molecule has 4 heterocycles. The van der Waals surface area contributed by atoms with Gasteiger partial charge in [0.05, 0.1) is 27.8 Å². The third kappa shape index (κ3) is 7.32. The van der Waals surface area contributed by atoms with Gasteiger partial charge in [0.15, 0.2) is 24.5 Å². The van der Waals surface area contributed by atoms with Gasteiger partial charge >= 0.3 is 0 Å². The Bertz CT molecular complexity index is 3360. The van der Waals surface area contributed by atoms with Gasteiger partial charge in [-0.2, -0.15) is 9.13 Å². The number of nitrogens with zero attached hydrogens (tertiary/aromatic N) is 2. The highest BCUT2D eigenvalue weighted by atomic mass is 15.1. The normalized spacial score (nSPS) is 18.1. The van der Waals surface area contributed by atoms with Gasteiger partial charge in [-0.05, 0) is 155 Å². The summed E-state index contributed by atoms with van der Waals surface area (Å²) < 4.78 is 5.30. The molecule has 0 radical (unpaired) electrons. The Hall–Kier alpha value is -6.90. The summed E-state index contributed by atoms with van der Waals surface area (Å²) in [7, 11) is 0. The van der Waals surface area contributed by atoms with Crippen LogP contribution >= 0.6 is 0 Å². The number of aryl methyl sites for hydroxylation is 3. The number of rotatable bonds is 11. The summed E-state index contributed by atoms with van der Waals surface area (Å²) in [6.45, 7) is 15.3. The van der Waals surface area contributed by atoms with E-state index in [0.717, 1.165) is 32.2 Å². The lowest BCUT2D eigenvalue weighted by Crippen LogP contribution is -2.70. The minimum atomic E-state index is -0.172. The Morgan fingerprint density at radius 2 is 1.21 bits per heavy atom. The first kappa shape index (κ1) is 43.7. The Morgan fingerprint density at radius 3 is 1.97 bits per heavy atom. The van der Waals surface area contributed by atoms with Crippen LogP contribution in [0.3, 0.4) is 0 Å². The van der Waals surface area contributed by atoms with Crippen LogP contribution in [0.2, 0.25) is 0 Å². The highest BCUT2D eigenvalue weighted by Crippen LogP contribution is 2.55. The van der Waals surface area contributed by atoms with E-state index in [0.29, 0.717) is 5.92 Å². The Kier molecular flexibility index (Phi) is 11.3. The van der Waals surface area contributed by atoms with E-state index in [1.54, 1.807) is 0 Å². The van der Waals surface area contributed by atoms with Crippen molar-refractivity contribution in [2.45, 2.75) is 103 Å². The van der Waals surface area contributed by atoms with Crippen LogP contribution in [0.4, 0.5) is 0 Å². The summed E-state index contributed by atoms with van der Waals surface area (Å²) >= 11 is 0. The second-order valence-electron chi connectivity index (χ2n) is 20.2. The average molecular weight is 885 g/mol. The quantitative estimate of drug-likeness (QED) is 0.114. The summed E-state index contributed by atoms with van der Waals surface area (Å²) in [5.41, 5.74) is 22.1. The summed E-state index contributed by atoms with van der Waals surface area (Å²) in [4.78, 5) is 0. The largest absolute Gasteiger partial charge is 0.220 e. The van der Waals surface area contributed by atoms with Crippen molar-refractivity contribution in [2.75, 3.05) is 0 Å². The fourth-order valence-electron chi connectivity index (χ4n) is 12.6. The van der Waals surface area contributed by atoms with E-state index in [9.17, 15) is 0 Å². The predicted octanol–water partition coefficient (Wildman–Crippen LogP) is 16.4. The minimum Gasteiger partial charge on any atom is -0.197 e. The van der Waals surface area contributed by atoms with Crippen LogP contribution in [0.5, 0.6) is 0 Å². The molecule has 2 aliphatic heterocycles. The van der Waals surface area contributed by atoms with Gasteiger partial charge < -0.3 is 0 Å². The number of unbranched alkanes of at least 4 members (excludes halogenated alkanes) is 1. The number of fused-ring (bicyclic) bond motifs is 8. The van der Waals surface area contributed by atoms with Crippen LogP contribution in [0.25, 0.3) is 77.8 Å². The molecule has 2 aliphatic rings. The second kappa shape index (κ2) is 17.6. The molecule has 0 amide bonds. The van der Waals surface area contributed by atoms with Crippen LogP contribution in [-0.2, 0) is 23.9 Å². The highest BCUT2D eigenvalue weighted by Gasteiger charge is 2.61. The van der Waals surface area contributed by atoms with E-state index in [1.165, 1.54) is 118 Å². The molecular weight excluding hydrogens is 821 g/mol. The molecule has 336 valence electrons. The highest BCUT2D eigenvalue weighted by molar-refractivity contribution is 5.94. The van der Waals surface area contributed by atoms with Crippen molar-refractivity contribution in [1.29, 1.82) is 0 Å².